The molecule has 0 saturated carbocycles. The summed E-state index contributed by atoms with van der Waals surface area (Å²) in [7, 11) is 0. The Hall–Kier alpha value is -3.16. The highest BCUT2D eigenvalue weighted by molar-refractivity contribution is 5.92. The number of piperidine rings is 1. The second-order valence-corrected chi connectivity index (χ2v) is 7.86. The molecule has 2 N–H and O–H groups in total. The predicted octanol–water partition coefficient (Wildman–Crippen LogP) is 2.08. The molecule has 1 aliphatic rings. The fourth-order valence-corrected chi connectivity index (χ4v) is 3.42. The van der Waals surface area contributed by atoms with Gasteiger partial charge in [-0.3, -0.25) is 14.4 Å². The molecule has 1 aliphatic heterocycles. The minimum atomic E-state index is -0.577. The van der Waals surface area contributed by atoms with Gasteiger partial charge in [-0.2, -0.15) is 5.10 Å². The van der Waals surface area contributed by atoms with Crippen molar-refractivity contribution >= 4 is 11.8 Å². The molecule has 8 nitrogen and oxygen atoms in total. The lowest BCUT2D eigenvalue weighted by atomic mass is 10.0. The molecule has 8 heteroatoms. The van der Waals surface area contributed by atoms with Crippen LogP contribution >= 0.6 is 0 Å². The summed E-state index contributed by atoms with van der Waals surface area (Å²) in [6, 6.07) is 10.4. The molecular weight excluding hydrogens is 384 g/mol. The molecule has 0 spiro atoms. The first kappa shape index (κ1) is 21.5. The Kier molecular flexibility index (Phi) is 6.87. The number of aromatic amines is 1. The van der Waals surface area contributed by atoms with Gasteiger partial charge in [0.15, 0.2) is 6.10 Å². The van der Waals surface area contributed by atoms with Gasteiger partial charge in [-0.15, -0.1) is 0 Å². The zero-order valence-electron chi connectivity index (χ0n) is 17.6. The molecule has 1 aromatic heterocycles. The van der Waals surface area contributed by atoms with Gasteiger partial charge in [-0.25, -0.2) is 5.10 Å². The third-order valence-corrected chi connectivity index (χ3v) is 5.26. The number of carbonyl (C=O) groups excluding carboxylic acids is 2. The van der Waals surface area contributed by atoms with Gasteiger partial charge in [0.1, 0.15) is 11.4 Å². The molecule has 1 atom stereocenters. The van der Waals surface area contributed by atoms with Gasteiger partial charge < -0.3 is 15.0 Å². The topological polar surface area (TPSA) is 104 Å². The standard InChI is InChI=1S/C22H28N4O4/c1-14(2)16-4-6-18(7-5-16)30-15(3)22(29)26-12-10-17(11-13-26)23-21(28)19-8-9-20(27)25-24-19/h4-9,14-15,17H,10-13H2,1-3H3,(H,23,28)(H,25,27). The van der Waals surface area contributed by atoms with E-state index in [4.69, 9.17) is 4.74 Å². The quantitative estimate of drug-likeness (QED) is 0.756. The van der Waals surface area contributed by atoms with Crippen molar-refractivity contribution in [3.8, 4) is 5.75 Å². The SMILES string of the molecule is CC(Oc1ccc(C(C)C)cc1)C(=O)N1CCC(NC(=O)c2ccc(=O)[nH]n2)CC1. The van der Waals surface area contributed by atoms with Crippen LogP contribution in [0.3, 0.4) is 0 Å². The van der Waals surface area contributed by atoms with Crippen molar-refractivity contribution < 1.29 is 14.3 Å². The minimum absolute atomic E-state index is 0.0462. The molecular formula is C22H28N4O4. The lowest BCUT2D eigenvalue weighted by Gasteiger charge is -2.33. The summed E-state index contributed by atoms with van der Waals surface area (Å²) in [5.74, 6) is 0.725. The lowest BCUT2D eigenvalue weighted by molar-refractivity contribution is -0.139. The predicted molar refractivity (Wildman–Crippen MR) is 113 cm³/mol. The maximum absolute atomic E-state index is 12.7. The molecule has 2 aromatic rings. The Labute approximate surface area is 175 Å². The number of nitrogens with zero attached hydrogens (tertiary/aromatic N) is 2. The zero-order chi connectivity index (χ0) is 21.7. The van der Waals surface area contributed by atoms with Crippen LogP contribution in [0.1, 0.15) is 55.6 Å². The highest BCUT2D eigenvalue weighted by Crippen LogP contribution is 2.20. The van der Waals surface area contributed by atoms with Crippen molar-refractivity contribution in [2.45, 2.75) is 51.7 Å². The maximum atomic E-state index is 12.7. The van der Waals surface area contributed by atoms with Crippen molar-refractivity contribution in [3.63, 3.8) is 0 Å². The van der Waals surface area contributed by atoms with Gasteiger partial charge in [0, 0.05) is 25.2 Å². The third-order valence-electron chi connectivity index (χ3n) is 5.26. The molecule has 0 bridgehead atoms. The summed E-state index contributed by atoms with van der Waals surface area (Å²) in [5, 5.41) is 8.89. The highest BCUT2D eigenvalue weighted by atomic mass is 16.5. The number of benzene rings is 1. The Morgan fingerprint density at radius 2 is 1.77 bits per heavy atom. The summed E-state index contributed by atoms with van der Waals surface area (Å²) in [6.07, 6.45) is 0.721. The fourth-order valence-electron chi connectivity index (χ4n) is 3.42. The number of amides is 2. The summed E-state index contributed by atoms with van der Waals surface area (Å²) in [4.78, 5) is 37.8. The van der Waals surface area contributed by atoms with Crippen LogP contribution in [-0.2, 0) is 4.79 Å². The van der Waals surface area contributed by atoms with E-state index in [2.05, 4.69) is 29.4 Å². The van der Waals surface area contributed by atoms with Gasteiger partial charge in [0.05, 0.1) is 0 Å². The Balaban J connectivity index is 1.47. The Bertz CT molecular complexity index is 910. The van der Waals surface area contributed by atoms with E-state index in [-0.39, 0.29) is 29.1 Å². The van der Waals surface area contributed by atoms with E-state index in [0.29, 0.717) is 37.6 Å². The first-order valence-electron chi connectivity index (χ1n) is 10.3. The monoisotopic (exact) mass is 412 g/mol. The molecule has 30 heavy (non-hydrogen) atoms. The van der Waals surface area contributed by atoms with E-state index >= 15 is 0 Å². The van der Waals surface area contributed by atoms with E-state index in [1.807, 2.05) is 24.3 Å². The van der Waals surface area contributed by atoms with Gasteiger partial charge >= 0.3 is 0 Å². The summed E-state index contributed by atoms with van der Waals surface area (Å²) in [6.45, 7) is 7.11. The maximum Gasteiger partial charge on any atom is 0.271 e. The number of H-pyrrole nitrogens is 1. The largest absolute Gasteiger partial charge is 0.481 e. The smallest absolute Gasteiger partial charge is 0.271 e. The number of aromatic nitrogens is 2. The number of likely N-dealkylation sites (tertiary alicyclic amines) is 1. The van der Waals surface area contributed by atoms with E-state index < -0.39 is 6.10 Å². The van der Waals surface area contributed by atoms with Gasteiger partial charge in [-0.05, 0) is 49.4 Å². The minimum Gasteiger partial charge on any atom is -0.481 e. The van der Waals surface area contributed by atoms with Gasteiger partial charge in [0.25, 0.3) is 17.4 Å². The molecule has 160 valence electrons. The van der Waals surface area contributed by atoms with Crippen LogP contribution in [0.25, 0.3) is 0 Å². The first-order chi connectivity index (χ1) is 14.3. The highest BCUT2D eigenvalue weighted by Gasteiger charge is 2.28. The average Bonchev–Trinajstić information content (AvgIpc) is 2.74. The van der Waals surface area contributed by atoms with E-state index in [9.17, 15) is 14.4 Å². The van der Waals surface area contributed by atoms with Crippen LogP contribution in [0, 0.1) is 0 Å². The van der Waals surface area contributed by atoms with Crippen LogP contribution in [0.15, 0.2) is 41.2 Å². The summed E-state index contributed by atoms with van der Waals surface area (Å²) < 4.78 is 5.82. The molecule has 1 aromatic carbocycles. The molecule has 3 rings (SSSR count). The molecule has 1 unspecified atom stereocenters. The number of carbonyl (C=O) groups is 2. The Morgan fingerprint density at radius 1 is 1.10 bits per heavy atom. The van der Waals surface area contributed by atoms with Crippen molar-refractivity contribution in [1.29, 1.82) is 0 Å². The van der Waals surface area contributed by atoms with Crippen molar-refractivity contribution in [2.75, 3.05) is 13.1 Å². The van der Waals surface area contributed by atoms with Crippen molar-refractivity contribution in [2.24, 2.45) is 0 Å². The first-order valence-corrected chi connectivity index (χ1v) is 10.3. The number of hydrogen-bond donors (Lipinski definition) is 2. The van der Waals surface area contributed by atoms with Crippen LogP contribution in [-0.4, -0.2) is 52.1 Å². The molecule has 1 fully saturated rings. The van der Waals surface area contributed by atoms with Crippen molar-refractivity contribution in [3.05, 3.63) is 58.0 Å². The molecule has 2 heterocycles. The van der Waals surface area contributed by atoms with E-state index in [1.165, 1.54) is 17.7 Å². The number of ether oxygens (including phenoxy) is 1. The van der Waals surface area contributed by atoms with E-state index in [0.717, 1.165) is 0 Å². The second-order valence-electron chi connectivity index (χ2n) is 7.86. The number of hydrogen-bond acceptors (Lipinski definition) is 5. The molecule has 0 radical (unpaired) electrons. The molecule has 1 saturated heterocycles. The molecule has 2 amide bonds. The van der Waals surface area contributed by atoms with Gasteiger partial charge in [-0.1, -0.05) is 26.0 Å². The van der Waals surface area contributed by atoms with Crippen molar-refractivity contribution in [1.82, 2.24) is 20.4 Å². The summed E-state index contributed by atoms with van der Waals surface area (Å²) >= 11 is 0. The van der Waals surface area contributed by atoms with Crippen LogP contribution in [0.4, 0.5) is 0 Å². The zero-order valence-corrected chi connectivity index (χ0v) is 17.6. The number of rotatable bonds is 6. The third kappa shape index (κ3) is 5.46. The van der Waals surface area contributed by atoms with Crippen LogP contribution in [0.5, 0.6) is 5.75 Å². The number of nitrogens with one attached hydrogen (secondary N) is 2. The normalized spacial score (nSPS) is 15.7. The Morgan fingerprint density at radius 3 is 2.33 bits per heavy atom. The molecule has 0 aliphatic carbocycles. The second kappa shape index (κ2) is 9.56. The fraction of sp³-hybridized carbons (Fsp3) is 0.455. The van der Waals surface area contributed by atoms with E-state index in [1.54, 1.807) is 11.8 Å². The van der Waals surface area contributed by atoms with Gasteiger partial charge in [0.2, 0.25) is 0 Å². The van der Waals surface area contributed by atoms with Crippen LogP contribution in [0.2, 0.25) is 0 Å². The van der Waals surface area contributed by atoms with Crippen LogP contribution < -0.4 is 15.6 Å². The average molecular weight is 412 g/mol. The lowest BCUT2D eigenvalue weighted by Crippen LogP contribution is -2.49. The summed E-state index contributed by atoms with van der Waals surface area (Å²) in [5.41, 5.74) is 1.03.